The van der Waals surface area contributed by atoms with Crippen LogP contribution < -0.4 is 16.2 Å². The van der Waals surface area contributed by atoms with Gasteiger partial charge in [0.2, 0.25) is 5.91 Å². The van der Waals surface area contributed by atoms with Crippen LogP contribution in [-0.2, 0) is 11.3 Å². The third kappa shape index (κ3) is 4.58. The number of hydrogen-bond donors (Lipinski definition) is 3. The Kier molecular flexibility index (Phi) is 6.03. The van der Waals surface area contributed by atoms with Gasteiger partial charge in [-0.05, 0) is 43.9 Å². The Morgan fingerprint density at radius 2 is 1.91 bits per heavy atom. The Hall–Kier alpha value is -2.97. The fraction of sp³-hybridized carbons (Fsp3) is 0.360. The maximum absolute atomic E-state index is 12.4. The van der Waals surface area contributed by atoms with E-state index in [1.165, 1.54) is 34.0 Å². The molecule has 1 amide bonds. The van der Waals surface area contributed by atoms with Gasteiger partial charge in [-0.1, -0.05) is 65.4 Å². The van der Waals surface area contributed by atoms with Crippen LogP contribution in [0.3, 0.4) is 0 Å². The van der Waals surface area contributed by atoms with E-state index in [0.29, 0.717) is 12.3 Å². The summed E-state index contributed by atoms with van der Waals surface area (Å²) in [5.74, 6) is 0.341. The zero-order valence-corrected chi connectivity index (χ0v) is 20.0. The Labute approximate surface area is 199 Å². The van der Waals surface area contributed by atoms with Crippen molar-refractivity contribution in [2.24, 2.45) is 5.10 Å². The van der Waals surface area contributed by atoms with E-state index in [4.69, 9.17) is 0 Å². The minimum atomic E-state index is 0.00635. The molecule has 8 heteroatoms. The van der Waals surface area contributed by atoms with Gasteiger partial charge < -0.3 is 15.2 Å². The van der Waals surface area contributed by atoms with E-state index >= 15 is 0 Å². The summed E-state index contributed by atoms with van der Waals surface area (Å²) in [6.45, 7) is 6.91. The standard InChI is InChI=1S/C25H30N6OS/c1-16-5-8-19(9-6-16)14-26-23(32)15-33-25-28-27-24-22-13-21(29-31(22)11-10-30(24)25)20-12-17(2)4-7-18(20)3/h4-12,21-22,24,27,29H,13-15H2,1-3H3,(H,26,32). The van der Waals surface area contributed by atoms with Crippen LogP contribution in [0, 0.1) is 20.8 Å². The van der Waals surface area contributed by atoms with E-state index in [9.17, 15) is 4.79 Å². The first-order valence-electron chi connectivity index (χ1n) is 11.3. The van der Waals surface area contributed by atoms with Crippen molar-refractivity contribution >= 4 is 22.8 Å². The second-order valence-corrected chi connectivity index (χ2v) is 9.92. The first-order chi connectivity index (χ1) is 16.0. The summed E-state index contributed by atoms with van der Waals surface area (Å²) in [6.07, 6.45) is 5.14. The van der Waals surface area contributed by atoms with Gasteiger partial charge in [-0.2, -0.15) is 5.10 Å². The minimum Gasteiger partial charge on any atom is -0.351 e. The van der Waals surface area contributed by atoms with Crippen molar-refractivity contribution in [1.29, 1.82) is 0 Å². The third-order valence-electron chi connectivity index (χ3n) is 6.46. The number of thioether (sulfide) groups is 1. The maximum atomic E-state index is 12.4. The maximum Gasteiger partial charge on any atom is 0.230 e. The highest BCUT2D eigenvalue weighted by molar-refractivity contribution is 8.14. The molecule has 0 bridgehead atoms. The number of rotatable bonds is 5. The molecule has 0 radical (unpaired) electrons. The summed E-state index contributed by atoms with van der Waals surface area (Å²) in [7, 11) is 0. The Morgan fingerprint density at radius 3 is 2.73 bits per heavy atom. The highest BCUT2D eigenvalue weighted by Crippen LogP contribution is 2.36. The molecule has 3 atom stereocenters. The summed E-state index contributed by atoms with van der Waals surface area (Å²) in [5.41, 5.74) is 13.2. The van der Waals surface area contributed by atoms with Crippen LogP contribution in [0.4, 0.5) is 0 Å². The lowest BCUT2D eigenvalue weighted by molar-refractivity contribution is -0.118. The smallest absolute Gasteiger partial charge is 0.230 e. The van der Waals surface area contributed by atoms with Gasteiger partial charge in [-0.15, -0.1) is 0 Å². The van der Waals surface area contributed by atoms with E-state index in [1.807, 2.05) is 18.3 Å². The summed E-state index contributed by atoms with van der Waals surface area (Å²) in [4.78, 5) is 14.5. The molecule has 0 aliphatic carbocycles. The lowest BCUT2D eigenvalue weighted by Gasteiger charge is -2.36. The average Bonchev–Trinajstić information content (AvgIpc) is 3.42. The zero-order valence-electron chi connectivity index (χ0n) is 19.2. The van der Waals surface area contributed by atoms with Gasteiger partial charge in [0.15, 0.2) is 5.17 Å². The summed E-state index contributed by atoms with van der Waals surface area (Å²) < 4.78 is 0. The molecule has 7 nitrogen and oxygen atoms in total. The van der Waals surface area contributed by atoms with E-state index in [0.717, 1.165) is 17.2 Å². The average molecular weight is 463 g/mol. The van der Waals surface area contributed by atoms with E-state index in [-0.39, 0.29) is 24.2 Å². The lowest BCUT2D eigenvalue weighted by Crippen LogP contribution is -2.54. The number of fused-ring (bicyclic) bond motifs is 3. The van der Waals surface area contributed by atoms with Crippen molar-refractivity contribution in [3.8, 4) is 0 Å². The summed E-state index contributed by atoms with van der Waals surface area (Å²) in [6, 6.07) is 15.4. The molecule has 0 saturated carbocycles. The Bertz CT molecular complexity index is 1100. The number of amidine groups is 1. The van der Waals surface area contributed by atoms with Crippen LogP contribution in [0.2, 0.25) is 0 Å². The van der Waals surface area contributed by atoms with Gasteiger partial charge in [0.1, 0.15) is 6.17 Å². The van der Waals surface area contributed by atoms with Gasteiger partial charge in [0.25, 0.3) is 0 Å². The number of carbonyl (C=O) groups is 1. The van der Waals surface area contributed by atoms with Crippen LogP contribution in [0.15, 0.2) is 60.0 Å². The number of amides is 1. The lowest BCUT2D eigenvalue weighted by atomic mass is 9.95. The van der Waals surface area contributed by atoms with Crippen LogP contribution >= 0.6 is 11.8 Å². The SMILES string of the molecule is Cc1ccc(CNC(=O)CSC2=NNC3C4CC(c5cc(C)ccc5C)NN4C=CN23)cc1. The molecular weight excluding hydrogens is 432 g/mol. The first kappa shape index (κ1) is 21.9. The highest BCUT2D eigenvalue weighted by Gasteiger charge is 2.44. The molecule has 3 aliphatic heterocycles. The topological polar surface area (TPSA) is 72.0 Å². The molecule has 5 rings (SSSR count). The number of aryl methyl sites for hydroxylation is 3. The molecule has 3 aliphatic rings. The number of hydrogen-bond acceptors (Lipinski definition) is 7. The van der Waals surface area contributed by atoms with Gasteiger partial charge in [-0.3, -0.25) is 10.2 Å². The minimum absolute atomic E-state index is 0.00635. The van der Waals surface area contributed by atoms with Gasteiger partial charge in [0.05, 0.1) is 17.8 Å². The molecule has 0 spiro atoms. The second kappa shape index (κ2) is 9.11. The zero-order chi connectivity index (χ0) is 22.9. The van der Waals surface area contributed by atoms with E-state index < -0.39 is 0 Å². The highest BCUT2D eigenvalue weighted by atomic mass is 32.2. The fourth-order valence-electron chi connectivity index (χ4n) is 4.58. The van der Waals surface area contributed by atoms with Crippen molar-refractivity contribution in [3.05, 3.63) is 82.7 Å². The number of nitrogens with zero attached hydrogens (tertiary/aromatic N) is 3. The van der Waals surface area contributed by atoms with Crippen LogP contribution in [0.25, 0.3) is 0 Å². The summed E-state index contributed by atoms with van der Waals surface area (Å²) in [5, 5.41) is 10.6. The second-order valence-electron chi connectivity index (χ2n) is 8.98. The number of hydrazone groups is 1. The van der Waals surface area contributed by atoms with Crippen molar-refractivity contribution in [2.75, 3.05) is 5.75 Å². The van der Waals surface area contributed by atoms with Crippen LogP contribution in [0.5, 0.6) is 0 Å². The predicted molar refractivity (Wildman–Crippen MR) is 133 cm³/mol. The number of hydrazine groups is 1. The van der Waals surface area contributed by atoms with E-state index in [1.54, 1.807) is 0 Å². The molecule has 2 aromatic carbocycles. The number of carbonyl (C=O) groups excluding carboxylic acids is 1. The Balaban J connectivity index is 1.16. The molecule has 3 unspecified atom stereocenters. The summed E-state index contributed by atoms with van der Waals surface area (Å²) >= 11 is 1.46. The van der Waals surface area contributed by atoms with Crippen molar-refractivity contribution in [3.63, 3.8) is 0 Å². The van der Waals surface area contributed by atoms with Gasteiger partial charge in [0, 0.05) is 18.9 Å². The molecule has 172 valence electrons. The third-order valence-corrected chi connectivity index (χ3v) is 7.42. The van der Waals surface area contributed by atoms with Crippen molar-refractivity contribution in [2.45, 2.75) is 52.0 Å². The van der Waals surface area contributed by atoms with Gasteiger partial charge >= 0.3 is 0 Å². The molecule has 33 heavy (non-hydrogen) atoms. The van der Waals surface area contributed by atoms with E-state index in [2.05, 4.69) is 88.5 Å². The predicted octanol–water partition coefficient (Wildman–Crippen LogP) is 3.27. The quantitative estimate of drug-likeness (QED) is 0.634. The van der Waals surface area contributed by atoms with Crippen molar-refractivity contribution < 1.29 is 4.79 Å². The molecular formula is C25H30N6OS. The van der Waals surface area contributed by atoms with Crippen LogP contribution in [-0.4, -0.2) is 38.9 Å². The molecule has 0 aromatic heterocycles. The van der Waals surface area contributed by atoms with Crippen LogP contribution in [0.1, 0.15) is 40.3 Å². The fourth-order valence-corrected chi connectivity index (χ4v) is 5.38. The van der Waals surface area contributed by atoms with Crippen molar-refractivity contribution in [1.82, 2.24) is 26.1 Å². The normalized spacial score (nSPS) is 23.1. The molecule has 2 aromatic rings. The Morgan fingerprint density at radius 1 is 1.12 bits per heavy atom. The molecule has 1 fully saturated rings. The number of nitrogens with one attached hydrogen (secondary N) is 3. The van der Waals surface area contributed by atoms with Gasteiger partial charge in [-0.25, -0.2) is 5.43 Å². The molecule has 3 heterocycles. The molecule has 3 N–H and O–H groups in total. The molecule has 1 saturated heterocycles. The monoisotopic (exact) mass is 462 g/mol. The largest absolute Gasteiger partial charge is 0.351 e. The number of benzene rings is 2. The first-order valence-corrected chi connectivity index (χ1v) is 12.3.